The predicted octanol–water partition coefficient (Wildman–Crippen LogP) is 3.27. The molecule has 0 aliphatic carbocycles. The molecule has 6 nitrogen and oxygen atoms in total. The number of nitrogens with one attached hydrogen (secondary N) is 1. The first-order chi connectivity index (χ1) is 13.3. The van der Waals surface area contributed by atoms with E-state index in [1.807, 2.05) is 32.0 Å². The molecule has 0 atom stereocenters. The highest BCUT2D eigenvalue weighted by atomic mass is 32.2. The molecular formula is C21H24N2O4S. The molecule has 0 fully saturated rings. The van der Waals surface area contributed by atoms with Crippen LogP contribution in [0.1, 0.15) is 17.5 Å². The fourth-order valence-electron chi connectivity index (χ4n) is 3.18. The number of aryl methyl sites for hydroxylation is 2. The van der Waals surface area contributed by atoms with E-state index in [9.17, 15) is 13.2 Å². The molecule has 0 saturated heterocycles. The van der Waals surface area contributed by atoms with Gasteiger partial charge >= 0.3 is 0 Å². The number of methoxy groups -OCH3 is 1. The van der Waals surface area contributed by atoms with Crippen LogP contribution in [0.4, 0.5) is 5.69 Å². The average molecular weight is 401 g/mol. The zero-order chi connectivity index (χ0) is 20.3. The second kappa shape index (κ2) is 8.16. The fourth-order valence-corrected chi connectivity index (χ4v) is 4.56. The van der Waals surface area contributed by atoms with E-state index in [0.717, 1.165) is 16.8 Å². The highest BCUT2D eigenvalue weighted by molar-refractivity contribution is 7.89. The van der Waals surface area contributed by atoms with Gasteiger partial charge in [-0.1, -0.05) is 24.3 Å². The van der Waals surface area contributed by atoms with Crippen LogP contribution < -0.4 is 10.1 Å². The Morgan fingerprint density at radius 2 is 1.71 bits per heavy atom. The van der Waals surface area contributed by atoms with Crippen LogP contribution in [-0.2, 0) is 14.8 Å². The minimum Gasteiger partial charge on any atom is -0.497 e. The molecule has 0 aromatic heterocycles. The maximum Gasteiger partial charge on any atom is 0.251 e. The van der Waals surface area contributed by atoms with Crippen LogP contribution in [0.25, 0.3) is 0 Å². The Kier molecular flexibility index (Phi) is 5.86. The average Bonchev–Trinajstić information content (AvgIpc) is 2.71. The Bertz CT molecular complexity index is 991. The molecule has 1 aliphatic rings. The van der Waals surface area contributed by atoms with Gasteiger partial charge in [0.15, 0.2) is 0 Å². The van der Waals surface area contributed by atoms with E-state index in [1.54, 1.807) is 18.2 Å². The van der Waals surface area contributed by atoms with Gasteiger partial charge in [0.25, 0.3) is 5.91 Å². The number of anilines is 1. The number of nitrogens with zero attached hydrogens (tertiary/aromatic N) is 1. The SMILES string of the molecule is COc1ccc(S(=O)(=O)N2CC=C(C(=O)Nc3c(C)cccc3C)CC2)cc1. The number of sulfonamides is 1. The maximum absolute atomic E-state index is 12.8. The van der Waals surface area contributed by atoms with E-state index in [1.165, 1.54) is 23.5 Å². The molecule has 2 aromatic carbocycles. The van der Waals surface area contributed by atoms with E-state index in [4.69, 9.17) is 4.74 Å². The normalized spacial score (nSPS) is 15.0. The zero-order valence-corrected chi connectivity index (χ0v) is 17.0. The van der Waals surface area contributed by atoms with Crippen molar-refractivity contribution in [3.05, 3.63) is 65.2 Å². The molecule has 0 radical (unpaired) electrons. The molecule has 1 heterocycles. The highest BCUT2D eigenvalue weighted by Crippen LogP contribution is 2.24. The summed E-state index contributed by atoms with van der Waals surface area (Å²) < 4.78 is 32.0. The van der Waals surface area contributed by atoms with Crippen molar-refractivity contribution in [3.8, 4) is 5.75 Å². The lowest BCUT2D eigenvalue weighted by molar-refractivity contribution is -0.113. The third kappa shape index (κ3) is 4.10. The zero-order valence-electron chi connectivity index (χ0n) is 16.2. The van der Waals surface area contributed by atoms with Crippen molar-refractivity contribution in [2.75, 3.05) is 25.5 Å². The number of para-hydroxylation sites is 1. The van der Waals surface area contributed by atoms with Gasteiger partial charge in [-0.15, -0.1) is 0 Å². The summed E-state index contributed by atoms with van der Waals surface area (Å²) >= 11 is 0. The van der Waals surface area contributed by atoms with Gasteiger partial charge in [0.05, 0.1) is 12.0 Å². The number of hydrogen-bond acceptors (Lipinski definition) is 4. The Balaban J connectivity index is 1.71. The third-order valence-corrected chi connectivity index (χ3v) is 6.76. The predicted molar refractivity (Wildman–Crippen MR) is 109 cm³/mol. The first kappa shape index (κ1) is 20.1. The van der Waals surface area contributed by atoms with E-state index < -0.39 is 10.0 Å². The largest absolute Gasteiger partial charge is 0.497 e. The smallest absolute Gasteiger partial charge is 0.251 e. The second-order valence-corrected chi connectivity index (χ2v) is 8.68. The Labute approximate surface area is 165 Å². The molecule has 0 unspecified atom stereocenters. The molecule has 0 bridgehead atoms. The van der Waals surface area contributed by atoms with Crippen molar-refractivity contribution in [1.29, 1.82) is 0 Å². The first-order valence-electron chi connectivity index (χ1n) is 9.03. The van der Waals surface area contributed by atoms with Gasteiger partial charge in [0.1, 0.15) is 5.75 Å². The minimum atomic E-state index is -3.61. The maximum atomic E-state index is 12.8. The van der Waals surface area contributed by atoms with Crippen molar-refractivity contribution in [1.82, 2.24) is 4.31 Å². The molecule has 0 saturated carbocycles. The summed E-state index contributed by atoms with van der Waals surface area (Å²) in [6, 6.07) is 12.1. The van der Waals surface area contributed by atoms with Gasteiger partial charge in [-0.05, 0) is 55.7 Å². The van der Waals surface area contributed by atoms with Crippen molar-refractivity contribution in [2.24, 2.45) is 0 Å². The van der Waals surface area contributed by atoms with Crippen molar-refractivity contribution < 1.29 is 17.9 Å². The summed E-state index contributed by atoms with van der Waals surface area (Å²) in [7, 11) is -2.08. The van der Waals surface area contributed by atoms with E-state index in [2.05, 4.69) is 5.32 Å². The number of amides is 1. The summed E-state index contributed by atoms with van der Waals surface area (Å²) in [5, 5.41) is 2.96. The standard InChI is InChI=1S/C21H24N2O4S/c1-15-5-4-6-16(2)20(15)22-21(24)17-11-13-23(14-12-17)28(25,26)19-9-7-18(27-3)8-10-19/h4-11H,12-14H2,1-3H3,(H,22,24). The van der Waals surface area contributed by atoms with E-state index in [-0.39, 0.29) is 23.9 Å². The molecule has 1 amide bonds. The number of carbonyl (C=O) groups excluding carboxylic acids is 1. The quantitative estimate of drug-likeness (QED) is 0.836. The van der Waals surface area contributed by atoms with Gasteiger partial charge in [0, 0.05) is 24.4 Å². The van der Waals surface area contributed by atoms with Crippen LogP contribution in [0.2, 0.25) is 0 Å². The van der Waals surface area contributed by atoms with Gasteiger partial charge < -0.3 is 10.1 Å². The van der Waals surface area contributed by atoms with Gasteiger partial charge in [-0.25, -0.2) is 8.42 Å². The van der Waals surface area contributed by atoms with Gasteiger partial charge in [-0.2, -0.15) is 4.31 Å². The lowest BCUT2D eigenvalue weighted by Crippen LogP contribution is -2.36. The van der Waals surface area contributed by atoms with Crippen LogP contribution in [-0.4, -0.2) is 38.8 Å². The van der Waals surface area contributed by atoms with Crippen LogP contribution in [0.3, 0.4) is 0 Å². The number of hydrogen-bond donors (Lipinski definition) is 1. The van der Waals surface area contributed by atoms with Crippen LogP contribution in [0, 0.1) is 13.8 Å². The number of carbonyl (C=O) groups is 1. The lowest BCUT2D eigenvalue weighted by Gasteiger charge is -2.25. The Hall–Kier alpha value is -2.64. The molecule has 28 heavy (non-hydrogen) atoms. The van der Waals surface area contributed by atoms with E-state index in [0.29, 0.717) is 17.7 Å². The molecule has 0 spiro atoms. The Morgan fingerprint density at radius 1 is 1.07 bits per heavy atom. The lowest BCUT2D eigenvalue weighted by atomic mass is 10.1. The van der Waals surface area contributed by atoms with Gasteiger partial charge in [0.2, 0.25) is 10.0 Å². The number of rotatable bonds is 5. The summed E-state index contributed by atoms with van der Waals surface area (Å²) in [5.41, 5.74) is 3.40. The molecule has 1 N–H and O–H groups in total. The van der Waals surface area contributed by atoms with Gasteiger partial charge in [-0.3, -0.25) is 4.79 Å². The summed E-state index contributed by atoms with van der Waals surface area (Å²) in [5.74, 6) is 0.418. The van der Waals surface area contributed by atoms with Crippen LogP contribution >= 0.6 is 0 Å². The molecule has 148 valence electrons. The second-order valence-electron chi connectivity index (χ2n) is 6.74. The summed E-state index contributed by atoms with van der Waals surface area (Å²) in [6.07, 6.45) is 2.06. The fraction of sp³-hybridized carbons (Fsp3) is 0.286. The molecule has 3 rings (SSSR count). The minimum absolute atomic E-state index is 0.171. The van der Waals surface area contributed by atoms with Crippen LogP contribution in [0.15, 0.2) is 59.0 Å². The topological polar surface area (TPSA) is 75.7 Å². The Morgan fingerprint density at radius 3 is 2.25 bits per heavy atom. The highest BCUT2D eigenvalue weighted by Gasteiger charge is 2.27. The van der Waals surface area contributed by atoms with Crippen molar-refractivity contribution in [2.45, 2.75) is 25.2 Å². The van der Waals surface area contributed by atoms with Crippen molar-refractivity contribution in [3.63, 3.8) is 0 Å². The first-order valence-corrected chi connectivity index (χ1v) is 10.5. The summed E-state index contributed by atoms with van der Waals surface area (Å²) in [6.45, 7) is 4.33. The molecule has 2 aromatic rings. The number of ether oxygens (including phenoxy) is 1. The van der Waals surface area contributed by atoms with Crippen molar-refractivity contribution >= 4 is 21.6 Å². The van der Waals surface area contributed by atoms with E-state index >= 15 is 0 Å². The molecule has 1 aliphatic heterocycles. The third-order valence-electron chi connectivity index (χ3n) is 4.88. The summed E-state index contributed by atoms with van der Waals surface area (Å²) in [4.78, 5) is 12.8. The van der Waals surface area contributed by atoms with Crippen LogP contribution in [0.5, 0.6) is 5.75 Å². The number of benzene rings is 2. The molecule has 7 heteroatoms. The monoisotopic (exact) mass is 400 g/mol. The molecular weight excluding hydrogens is 376 g/mol.